The van der Waals surface area contributed by atoms with Gasteiger partial charge in [0.05, 0.1) is 12.7 Å². The van der Waals surface area contributed by atoms with Crippen molar-refractivity contribution in [1.82, 2.24) is 0 Å². The molecule has 0 N–H and O–H groups in total. The second-order valence-electron chi connectivity index (χ2n) is 3.03. The van der Waals surface area contributed by atoms with E-state index in [0.717, 1.165) is 10.1 Å². The summed E-state index contributed by atoms with van der Waals surface area (Å²) in [5.41, 5.74) is 0.651. The molecule has 72 valence electrons. The van der Waals surface area contributed by atoms with Gasteiger partial charge in [0.1, 0.15) is 5.75 Å². The van der Waals surface area contributed by atoms with Crippen molar-refractivity contribution in [2.75, 3.05) is 7.11 Å². The Morgan fingerprint density at radius 2 is 2.14 bits per heavy atom. The first-order chi connectivity index (χ1) is 6.74. The van der Waals surface area contributed by atoms with Crippen LogP contribution in [0, 0.1) is 0 Å². The topological polar surface area (TPSA) is 26.3 Å². The molecule has 0 atom stereocenters. The number of ketones is 1. The van der Waals surface area contributed by atoms with Gasteiger partial charge >= 0.3 is 0 Å². The van der Waals surface area contributed by atoms with E-state index in [1.807, 2.05) is 23.6 Å². The first kappa shape index (κ1) is 9.21. The normalized spacial score (nSPS) is 10.4. The number of hydrogen-bond acceptors (Lipinski definition) is 3. The number of benzene rings is 1. The fraction of sp³-hybridized carbons (Fsp3) is 0.182. The molecule has 2 nitrogen and oxygen atoms in total. The van der Waals surface area contributed by atoms with E-state index in [1.54, 1.807) is 25.4 Å². The number of rotatable bonds is 2. The van der Waals surface area contributed by atoms with Crippen LogP contribution in [0.5, 0.6) is 5.75 Å². The summed E-state index contributed by atoms with van der Waals surface area (Å²) in [6.07, 6.45) is 0. The molecular weight excluding hydrogens is 196 g/mol. The average molecular weight is 206 g/mol. The highest BCUT2D eigenvalue weighted by Gasteiger charge is 2.11. The summed E-state index contributed by atoms with van der Waals surface area (Å²) in [6, 6.07) is 5.75. The van der Waals surface area contributed by atoms with Gasteiger partial charge in [0.25, 0.3) is 0 Å². The lowest BCUT2D eigenvalue weighted by molar-refractivity contribution is 0.101. The van der Waals surface area contributed by atoms with Gasteiger partial charge in [-0.25, -0.2) is 0 Å². The van der Waals surface area contributed by atoms with Gasteiger partial charge in [0.15, 0.2) is 5.78 Å². The molecule has 0 aliphatic carbocycles. The minimum Gasteiger partial charge on any atom is -0.495 e. The smallest absolute Gasteiger partial charge is 0.163 e. The predicted octanol–water partition coefficient (Wildman–Crippen LogP) is 3.11. The molecule has 1 aromatic carbocycles. The standard InChI is InChI=1S/C11H10O2S/c1-7(12)8-3-4-10-9(5-6-14-10)11(8)13-2/h3-6H,1-2H3. The van der Waals surface area contributed by atoms with Crippen LogP contribution in [0.4, 0.5) is 0 Å². The van der Waals surface area contributed by atoms with Crippen molar-refractivity contribution in [1.29, 1.82) is 0 Å². The Kier molecular flexibility index (Phi) is 2.25. The molecule has 0 spiro atoms. The summed E-state index contributed by atoms with van der Waals surface area (Å²) in [5.74, 6) is 0.728. The molecule has 14 heavy (non-hydrogen) atoms. The van der Waals surface area contributed by atoms with Crippen LogP contribution in [0.1, 0.15) is 17.3 Å². The fourth-order valence-corrected chi connectivity index (χ4v) is 2.30. The molecule has 0 aliphatic heterocycles. The molecule has 3 heteroatoms. The Hall–Kier alpha value is -1.35. The van der Waals surface area contributed by atoms with Crippen LogP contribution in [-0.2, 0) is 0 Å². The van der Waals surface area contributed by atoms with E-state index in [9.17, 15) is 4.79 Å². The fourth-order valence-electron chi connectivity index (χ4n) is 1.51. The van der Waals surface area contributed by atoms with Gasteiger partial charge in [0.2, 0.25) is 0 Å². The molecule has 0 saturated heterocycles. The number of fused-ring (bicyclic) bond motifs is 1. The molecule has 1 heterocycles. The van der Waals surface area contributed by atoms with Crippen LogP contribution in [0.3, 0.4) is 0 Å². The Morgan fingerprint density at radius 3 is 2.79 bits per heavy atom. The van der Waals surface area contributed by atoms with Crippen molar-refractivity contribution >= 4 is 27.2 Å². The Balaban J connectivity index is 2.78. The van der Waals surface area contributed by atoms with E-state index in [2.05, 4.69) is 0 Å². The van der Waals surface area contributed by atoms with Gasteiger partial charge < -0.3 is 4.74 Å². The van der Waals surface area contributed by atoms with Crippen molar-refractivity contribution in [2.45, 2.75) is 6.92 Å². The molecule has 2 rings (SSSR count). The summed E-state index contributed by atoms with van der Waals surface area (Å²) in [5, 5.41) is 3.02. The van der Waals surface area contributed by atoms with Crippen molar-refractivity contribution in [3.63, 3.8) is 0 Å². The predicted molar refractivity (Wildman–Crippen MR) is 58.4 cm³/mol. The molecular formula is C11H10O2S. The lowest BCUT2D eigenvalue weighted by atomic mass is 10.1. The lowest BCUT2D eigenvalue weighted by Crippen LogP contribution is -1.97. The molecule has 0 saturated carbocycles. The Bertz CT molecular complexity index is 485. The Morgan fingerprint density at radius 1 is 1.36 bits per heavy atom. The first-order valence-corrected chi connectivity index (χ1v) is 5.17. The average Bonchev–Trinajstić information content (AvgIpc) is 2.63. The largest absolute Gasteiger partial charge is 0.495 e. The maximum absolute atomic E-state index is 11.3. The van der Waals surface area contributed by atoms with Gasteiger partial charge in [-0.2, -0.15) is 0 Å². The summed E-state index contributed by atoms with van der Waals surface area (Å²) in [4.78, 5) is 11.3. The highest BCUT2D eigenvalue weighted by Crippen LogP contribution is 2.33. The first-order valence-electron chi connectivity index (χ1n) is 4.29. The summed E-state index contributed by atoms with van der Waals surface area (Å²) in [7, 11) is 1.60. The number of ether oxygens (including phenoxy) is 1. The quantitative estimate of drug-likeness (QED) is 0.706. The summed E-state index contributed by atoms with van der Waals surface area (Å²) in [6.45, 7) is 1.55. The maximum atomic E-state index is 11.3. The zero-order valence-corrected chi connectivity index (χ0v) is 8.85. The van der Waals surface area contributed by atoms with E-state index in [4.69, 9.17) is 4.74 Å². The zero-order chi connectivity index (χ0) is 10.1. The second-order valence-corrected chi connectivity index (χ2v) is 3.98. The molecule has 0 radical (unpaired) electrons. The number of carbonyl (C=O) groups excluding carboxylic acids is 1. The third-order valence-corrected chi connectivity index (χ3v) is 3.05. The van der Waals surface area contributed by atoms with Gasteiger partial charge in [-0.05, 0) is 30.5 Å². The highest BCUT2D eigenvalue weighted by molar-refractivity contribution is 7.17. The van der Waals surface area contributed by atoms with E-state index < -0.39 is 0 Å². The number of Topliss-reactive ketones (excluding diaryl/α,β-unsaturated/α-hetero) is 1. The number of methoxy groups -OCH3 is 1. The van der Waals surface area contributed by atoms with Crippen LogP contribution >= 0.6 is 11.3 Å². The van der Waals surface area contributed by atoms with Gasteiger partial charge in [-0.1, -0.05) is 0 Å². The van der Waals surface area contributed by atoms with Gasteiger partial charge in [0, 0.05) is 10.1 Å². The summed E-state index contributed by atoms with van der Waals surface area (Å²) < 4.78 is 6.41. The molecule has 0 bridgehead atoms. The van der Waals surface area contributed by atoms with E-state index in [-0.39, 0.29) is 5.78 Å². The molecule has 0 unspecified atom stereocenters. The molecule has 0 fully saturated rings. The van der Waals surface area contributed by atoms with Crippen LogP contribution in [0.15, 0.2) is 23.6 Å². The van der Waals surface area contributed by atoms with Crippen LogP contribution in [0.25, 0.3) is 10.1 Å². The summed E-state index contributed by atoms with van der Waals surface area (Å²) >= 11 is 1.65. The van der Waals surface area contributed by atoms with Gasteiger partial charge in [-0.3, -0.25) is 4.79 Å². The van der Waals surface area contributed by atoms with E-state index in [1.165, 1.54) is 0 Å². The van der Waals surface area contributed by atoms with Crippen molar-refractivity contribution in [2.24, 2.45) is 0 Å². The van der Waals surface area contributed by atoms with Crippen LogP contribution < -0.4 is 4.74 Å². The third-order valence-electron chi connectivity index (χ3n) is 2.17. The van der Waals surface area contributed by atoms with Crippen LogP contribution in [0.2, 0.25) is 0 Å². The van der Waals surface area contributed by atoms with E-state index >= 15 is 0 Å². The molecule has 2 aromatic rings. The third kappa shape index (κ3) is 1.30. The number of hydrogen-bond donors (Lipinski definition) is 0. The molecule has 0 amide bonds. The van der Waals surface area contributed by atoms with Crippen LogP contribution in [-0.4, -0.2) is 12.9 Å². The minimum absolute atomic E-state index is 0.0370. The number of carbonyl (C=O) groups is 1. The Labute approximate surface area is 86.1 Å². The SMILES string of the molecule is COc1c(C(C)=O)ccc2sccc12. The molecule has 1 aromatic heterocycles. The lowest BCUT2D eigenvalue weighted by Gasteiger charge is -2.06. The second kappa shape index (κ2) is 3.42. The maximum Gasteiger partial charge on any atom is 0.163 e. The molecule has 0 aliphatic rings. The van der Waals surface area contributed by atoms with E-state index in [0.29, 0.717) is 11.3 Å². The van der Waals surface area contributed by atoms with Crippen molar-refractivity contribution in [3.05, 3.63) is 29.1 Å². The van der Waals surface area contributed by atoms with Gasteiger partial charge in [-0.15, -0.1) is 11.3 Å². The zero-order valence-electron chi connectivity index (χ0n) is 8.03. The monoisotopic (exact) mass is 206 g/mol. The van der Waals surface area contributed by atoms with Crippen molar-refractivity contribution < 1.29 is 9.53 Å². The van der Waals surface area contributed by atoms with Crippen molar-refractivity contribution in [3.8, 4) is 5.75 Å². The minimum atomic E-state index is 0.0370. The highest BCUT2D eigenvalue weighted by atomic mass is 32.1. The number of thiophene rings is 1.